The predicted molar refractivity (Wildman–Crippen MR) is 107 cm³/mol. The lowest BCUT2D eigenvalue weighted by atomic mass is 9.95. The van der Waals surface area contributed by atoms with E-state index in [-0.39, 0.29) is 5.92 Å². The first kappa shape index (κ1) is 18.2. The topological polar surface area (TPSA) is 41.4 Å². The molecule has 1 saturated heterocycles. The van der Waals surface area contributed by atoms with Crippen molar-refractivity contribution in [3.05, 3.63) is 54.1 Å². The average molecular weight is 367 g/mol. The number of hydrogen-bond donors (Lipinski definition) is 0. The van der Waals surface area contributed by atoms with E-state index in [2.05, 4.69) is 63.9 Å². The second kappa shape index (κ2) is 7.85. The summed E-state index contributed by atoms with van der Waals surface area (Å²) in [5.41, 5.74) is 1.31. The Morgan fingerprint density at radius 1 is 1.19 bits per heavy atom. The van der Waals surface area contributed by atoms with E-state index in [4.69, 9.17) is 0 Å². The zero-order valence-corrected chi connectivity index (χ0v) is 16.4. The fourth-order valence-corrected chi connectivity index (χ4v) is 4.31. The molecular weight excluding hydrogens is 336 g/mol. The first-order valence-electron chi connectivity index (χ1n) is 10.1. The minimum atomic E-state index is 0.200. The summed E-state index contributed by atoms with van der Waals surface area (Å²) in [6.45, 7) is 3.72. The molecule has 1 saturated carbocycles. The molecule has 0 unspecified atom stereocenters. The van der Waals surface area contributed by atoms with Gasteiger partial charge in [0.05, 0.1) is 0 Å². The van der Waals surface area contributed by atoms with Crippen LogP contribution in [-0.4, -0.2) is 59.0 Å². The van der Waals surface area contributed by atoms with Gasteiger partial charge < -0.3 is 14.4 Å². The lowest BCUT2D eigenvalue weighted by Gasteiger charge is -2.32. The highest BCUT2D eigenvalue weighted by Gasteiger charge is 2.46. The molecule has 2 aromatic rings. The molecule has 2 heterocycles. The lowest BCUT2D eigenvalue weighted by Crippen LogP contribution is -2.39. The Bertz CT molecular complexity index is 762. The second-order valence-corrected chi connectivity index (χ2v) is 8.24. The summed E-state index contributed by atoms with van der Waals surface area (Å²) < 4.78 is 2.29. The number of carbonyl (C=O) groups is 1. The fourth-order valence-electron chi connectivity index (χ4n) is 4.31. The minimum absolute atomic E-state index is 0.200. The maximum absolute atomic E-state index is 12.9. The van der Waals surface area contributed by atoms with Crippen molar-refractivity contribution in [2.45, 2.75) is 37.6 Å². The van der Waals surface area contributed by atoms with Gasteiger partial charge in [-0.2, -0.15) is 0 Å². The van der Waals surface area contributed by atoms with Crippen LogP contribution in [0.1, 0.15) is 42.5 Å². The molecule has 1 aromatic heterocycles. The number of benzene rings is 1. The van der Waals surface area contributed by atoms with Crippen LogP contribution in [0.3, 0.4) is 0 Å². The number of nitrogens with zero attached hydrogens (tertiary/aromatic N) is 4. The van der Waals surface area contributed by atoms with Crippen molar-refractivity contribution in [3.8, 4) is 0 Å². The molecule has 0 N–H and O–H groups in total. The molecule has 144 valence electrons. The maximum Gasteiger partial charge on any atom is 0.226 e. The molecule has 1 aliphatic carbocycles. The van der Waals surface area contributed by atoms with Crippen molar-refractivity contribution in [2.75, 3.05) is 33.7 Å². The molecule has 0 bridgehead atoms. The van der Waals surface area contributed by atoms with Crippen LogP contribution in [0.4, 0.5) is 0 Å². The van der Waals surface area contributed by atoms with Crippen LogP contribution >= 0.6 is 0 Å². The first-order chi connectivity index (χ1) is 13.1. The van der Waals surface area contributed by atoms with Crippen molar-refractivity contribution in [3.63, 3.8) is 0 Å². The summed E-state index contributed by atoms with van der Waals surface area (Å²) in [5, 5.41) is 0. The second-order valence-electron chi connectivity index (χ2n) is 8.24. The number of likely N-dealkylation sites (N-methyl/N-ethyl adjacent to an activating group) is 1. The van der Waals surface area contributed by atoms with E-state index >= 15 is 0 Å². The Morgan fingerprint density at radius 3 is 2.63 bits per heavy atom. The van der Waals surface area contributed by atoms with Gasteiger partial charge in [0.1, 0.15) is 5.82 Å². The van der Waals surface area contributed by atoms with Crippen LogP contribution in [0, 0.1) is 5.92 Å². The monoisotopic (exact) mass is 366 g/mol. The zero-order chi connectivity index (χ0) is 18.8. The Balaban J connectivity index is 1.31. The molecule has 4 rings (SSSR count). The quantitative estimate of drug-likeness (QED) is 0.789. The molecule has 2 fully saturated rings. The number of hydrogen-bond acceptors (Lipinski definition) is 3. The number of aromatic nitrogens is 2. The van der Waals surface area contributed by atoms with Gasteiger partial charge in [-0.1, -0.05) is 30.3 Å². The summed E-state index contributed by atoms with van der Waals surface area (Å²) in [5.74, 6) is 2.65. The molecule has 1 amide bonds. The van der Waals surface area contributed by atoms with Crippen molar-refractivity contribution in [1.82, 2.24) is 19.4 Å². The normalized spacial score (nSPS) is 23.0. The summed E-state index contributed by atoms with van der Waals surface area (Å²) >= 11 is 0. The van der Waals surface area contributed by atoms with E-state index in [9.17, 15) is 4.79 Å². The molecule has 5 heteroatoms. The molecule has 27 heavy (non-hydrogen) atoms. The van der Waals surface area contributed by atoms with Gasteiger partial charge in [-0.15, -0.1) is 0 Å². The van der Waals surface area contributed by atoms with Gasteiger partial charge in [-0.3, -0.25) is 4.79 Å². The first-order valence-corrected chi connectivity index (χ1v) is 10.1. The summed E-state index contributed by atoms with van der Waals surface area (Å²) in [7, 11) is 4.20. The molecule has 2 atom stereocenters. The van der Waals surface area contributed by atoms with E-state index in [0.717, 1.165) is 45.4 Å². The van der Waals surface area contributed by atoms with Crippen molar-refractivity contribution in [2.24, 2.45) is 5.92 Å². The average Bonchev–Trinajstić information content (AvgIpc) is 3.36. The van der Waals surface area contributed by atoms with Crippen molar-refractivity contribution < 1.29 is 4.79 Å². The van der Waals surface area contributed by atoms with Gasteiger partial charge in [0, 0.05) is 50.4 Å². The highest BCUT2D eigenvalue weighted by molar-refractivity contribution is 5.83. The van der Waals surface area contributed by atoms with E-state index < -0.39 is 0 Å². The van der Waals surface area contributed by atoms with E-state index in [0.29, 0.717) is 17.7 Å². The van der Waals surface area contributed by atoms with E-state index in [1.165, 1.54) is 11.4 Å². The van der Waals surface area contributed by atoms with Gasteiger partial charge >= 0.3 is 0 Å². The highest BCUT2D eigenvalue weighted by atomic mass is 16.2. The van der Waals surface area contributed by atoms with Gasteiger partial charge in [-0.25, -0.2) is 4.98 Å². The molecule has 0 radical (unpaired) electrons. The fraction of sp³-hybridized carbons (Fsp3) is 0.545. The molecule has 2 aliphatic rings. The third kappa shape index (κ3) is 4.08. The third-order valence-corrected chi connectivity index (χ3v) is 6.04. The summed E-state index contributed by atoms with van der Waals surface area (Å²) in [6, 6.07) is 10.5. The van der Waals surface area contributed by atoms with Crippen molar-refractivity contribution in [1.29, 1.82) is 0 Å². The number of amides is 1. The number of carbonyl (C=O) groups excluding carboxylic acids is 1. The summed E-state index contributed by atoms with van der Waals surface area (Å²) in [4.78, 5) is 21.8. The van der Waals surface area contributed by atoms with E-state index in [1.54, 1.807) is 0 Å². The Morgan fingerprint density at radius 2 is 1.93 bits per heavy atom. The van der Waals surface area contributed by atoms with Gasteiger partial charge in [-0.05, 0) is 44.8 Å². The van der Waals surface area contributed by atoms with Crippen LogP contribution in [0.25, 0.3) is 0 Å². The maximum atomic E-state index is 12.9. The largest absolute Gasteiger partial charge is 0.342 e. The van der Waals surface area contributed by atoms with Crippen LogP contribution in [0.15, 0.2) is 42.7 Å². The zero-order valence-electron chi connectivity index (χ0n) is 16.4. The van der Waals surface area contributed by atoms with Crippen LogP contribution < -0.4 is 0 Å². The van der Waals surface area contributed by atoms with Crippen molar-refractivity contribution >= 4 is 5.91 Å². The third-order valence-electron chi connectivity index (χ3n) is 6.04. The Kier molecular flexibility index (Phi) is 5.30. The number of likely N-dealkylation sites (tertiary alicyclic amines) is 1. The van der Waals surface area contributed by atoms with Gasteiger partial charge in [0.2, 0.25) is 5.91 Å². The van der Waals surface area contributed by atoms with Crippen LogP contribution in [-0.2, 0) is 11.3 Å². The van der Waals surface area contributed by atoms with Crippen LogP contribution in [0.2, 0.25) is 0 Å². The van der Waals surface area contributed by atoms with Gasteiger partial charge in [0.15, 0.2) is 0 Å². The highest BCUT2D eigenvalue weighted by Crippen LogP contribution is 2.48. The number of rotatable bonds is 6. The molecular formula is C22H30N4O. The van der Waals surface area contributed by atoms with Gasteiger partial charge in [0.25, 0.3) is 0 Å². The predicted octanol–water partition coefficient (Wildman–Crippen LogP) is 2.95. The number of imidazole rings is 1. The minimum Gasteiger partial charge on any atom is -0.342 e. The van der Waals surface area contributed by atoms with Crippen LogP contribution in [0.5, 0.6) is 0 Å². The summed E-state index contributed by atoms with van der Waals surface area (Å²) in [6.07, 6.45) is 7.06. The smallest absolute Gasteiger partial charge is 0.226 e. The molecule has 1 aromatic carbocycles. The SMILES string of the molecule is CN(C)CCn1ccnc1C1CCN(C(=O)[C@@H]2C[C@H]2c2ccccc2)CC1. The standard InChI is InChI=1S/C22H30N4O/c1-24(2)14-15-25-13-10-23-21(25)18-8-11-26(12-9-18)22(27)20-16-19(20)17-6-4-3-5-7-17/h3-7,10,13,18-20H,8-9,11-12,14-16H2,1-2H3/t19-,20+/m0/s1. The number of piperidine rings is 1. The van der Waals surface area contributed by atoms with E-state index in [1.807, 2.05) is 12.3 Å². The molecule has 1 aliphatic heterocycles. The lowest BCUT2D eigenvalue weighted by molar-refractivity contribution is -0.133. The molecule has 0 spiro atoms. The Hall–Kier alpha value is -2.14. The molecule has 5 nitrogen and oxygen atoms in total. The Labute approximate surface area is 162 Å².